The topological polar surface area (TPSA) is 106 Å². The second kappa shape index (κ2) is 4.07. The van der Waals surface area contributed by atoms with E-state index in [1.54, 1.807) is 6.08 Å². The number of rotatable bonds is 2. The molecule has 1 atom stereocenters. The summed E-state index contributed by atoms with van der Waals surface area (Å²) in [4.78, 5) is 14.5. The normalized spacial score (nSPS) is 27.6. The average molecular weight is 211 g/mol. The zero-order chi connectivity index (χ0) is 10.6. The summed E-state index contributed by atoms with van der Waals surface area (Å²) in [5.41, 5.74) is 11.8. The van der Waals surface area contributed by atoms with Crippen molar-refractivity contribution in [2.24, 2.45) is 21.6 Å². The third-order valence-corrected chi connectivity index (χ3v) is 1.60. The number of carbonyl (C=O) groups excluding carboxylic acids is 1. The van der Waals surface area contributed by atoms with E-state index >= 15 is 0 Å². The minimum absolute atomic E-state index is 0.0181. The number of aliphatic imine (C=N–C) groups is 1. The number of amidine groups is 1. The van der Waals surface area contributed by atoms with Gasteiger partial charge in [0.15, 0.2) is 22.8 Å². The zero-order valence-corrected chi connectivity index (χ0v) is 7.99. The minimum atomic E-state index is -1.31. The predicted octanol–water partition coefficient (Wildman–Crippen LogP) is -1.33. The summed E-state index contributed by atoms with van der Waals surface area (Å²) >= 11 is 4.54. The van der Waals surface area contributed by atoms with Crippen LogP contribution in [0.1, 0.15) is 0 Å². The van der Waals surface area contributed by atoms with Gasteiger partial charge in [0.1, 0.15) is 0 Å². The van der Waals surface area contributed by atoms with Crippen molar-refractivity contribution < 1.29 is 4.79 Å². The monoisotopic (exact) mass is 211 g/mol. The molecule has 1 heterocycles. The van der Waals surface area contributed by atoms with Crippen LogP contribution in [0.15, 0.2) is 22.2 Å². The highest BCUT2D eigenvalue weighted by atomic mass is 32.1. The first-order valence-corrected chi connectivity index (χ1v) is 4.10. The lowest BCUT2D eigenvalue weighted by atomic mass is 10.00. The largest absolute Gasteiger partial charge is 0.375 e. The third kappa shape index (κ3) is 2.21. The van der Waals surface area contributed by atoms with Crippen molar-refractivity contribution in [3.05, 3.63) is 12.2 Å². The lowest BCUT2D eigenvalue weighted by Gasteiger charge is -2.19. The first-order chi connectivity index (χ1) is 6.58. The zero-order valence-electron chi connectivity index (χ0n) is 7.18. The van der Waals surface area contributed by atoms with Gasteiger partial charge in [-0.05, 0) is 24.4 Å². The highest BCUT2D eigenvalue weighted by Gasteiger charge is 2.29. The first-order valence-electron chi connectivity index (χ1n) is 3.69. The summed E-state index contributed by atoms with van der Waals surface area (Å²) in [6.07, 6.45) is 5.05. The van der Waals surface area contributed by atoms with Gasteiger partial charge in [-0.15, -0.1) is 0 Å². The van der Waals surface area contributed by atoms with E-state index < -0.39 is 5.54 Å². The number of carbonyl (C=O) groups is 1. The number of thiocarbonyl (C=S) groups is 1. The summed E-state index contributed by atoms with van der Waals surface area (Å²) in [5.74, 6) is 0.114. The summed E-state index contributed by atoms with van der Waals surface area (Å²) < 4.78 is 0. The van der Waals surface area contributed by atoms with Crippen LogP contribution in [0.2, 0.25) is 0 Å². The predicted molar refractivity (Wildman–Crippen MR) is 58.0 cm³/mol. The van der Waals surface area contributed by atoms with E-state index in [0.29, 0.717) is 6.29 Å². The Hall–Kier alpha value is -1.60. The van der Waals surface area contributed by atoms with E-state index in [-0.39, 0.29) is 10.9 Å². The number of allylic oxidation sites excluding steroid dienone is 1. The molecule has 74 valence electrons. The van der Waals surface area contributed by atoms with Crippen molar-refractivity contribution in [1.82, 2.24) is 5.43 Å². The number of hydrogen-bond donors (Lipinski definition) is 3. The molecule has 0 aromatic heterocycles. The number of aldehydes is 1. The van der Waals surface area contributed by atoms with Gasteiger partial charge >= 0.3 is 0 Å². The van der Waals surface area contributed by atoms with Crippen molar-refractivity contribution in [3.63, 3.8) is 0 Å². The molecule has 0 aliphatic carbocycles. The molecule has 0 aromatic rings. The lowest BCUT2D eigenvalue weighted by Crippen LogP contribution is -2.49. The van der Waals surface area contributed by atoms with Gasteiger partial charge in [0.05, 0.1) is 0 Å². The molecule has 0 saturated heterocycles. The Balaban J connectivity index is 2.91. The Morgan fingerprint density at radius 3 is 3.07 bits per heavy atom. The molecule has 0 radical (unpaired) electrons. The van der Waals surface area contributed by atoms with Gasteiger partial charge in [-0.25, -0.2) is 4.99 Å². The van der Waals surface area contributed by atoms with Crippen LogP contribution in [0.3, 0.4) is 0 Å². The first kappa shape index (κ1) is 10.5. The quantitative estimate of drug-likeness (QED) is 0.298. The second-order valence-corrected chi connectivity index (χ2v) is 3.04. The fraction of sp³-hybridized carbons (Fsp3) is 0.143. The van der Waals surface area contributed by atoms with Crippen molar-refractivity contribution >= 4 is 35.7 Å². The van der Waals surface area contributed by atoms with Crippen molar-refractivity contribution in [1.29, 1.82) is 0 Å². The van der Waals surface area contributed by atoms with E-state index in [1.165, 1.54) is 12.3 Å². The van der Waals surface area contributed by atoms with Gasteiger partial charge in [0.25, 0.3) is 0 Å². The third-order valence-electron chi connectivity index (χ3n) is 1.51. The molecule has 14 heavy (non-hydrogen) atoms. The highest BCUT2D eigenvalue weighted by molar-refractivity contribution is 7.80. The number of hydrazone groups is 1. The van der Waals surface area contributed by atoms with Crippen molar-refractivity contribution in [3.8, 4) is 0 Å². The number of nitrogens with one attached hydrogen (secondary N) is 1. The van der Waals surface area contributed by atoms with Crippen LogP contribution in [-0.2, 0) is 4.79 Å². The summed E-state index contributed by atoms with van der Waals surface area (Å²) in [7, 11) is 0. The molecule has 1 rings (SSSR count). The maximum Gasteiger partial charge on any atom is 0.184 e. The molecule has 5 N–H and O–H groups in total. The summed E-state index contributed by atoms with van der Waals surface area (Å²) in [6.45, 7) is 0. The van der Waals surface area contributed by atoms with Gasteiger partial charge in [-0.1, -0.05) is 0 Å². The summed E-state index contributed by atoms with van der Waals surface area (Å²) in [6, 6.07) is 0. The molecule has 0 bridgehead atoms. The maximum atomic E-state index is 10.7. The van der Waals surface area contributed by atoms with Crippen LogP contribution < -0.4 is 16.9 Å². The lowest BCUT2D eigenvalue weighted by molar-refractivity contribution is -0.109. The van der Waals surface area contributed by atoms with Crippen LogP contribution in [-0.4, -0.2) is 29.0 Å². The van der Waals surface area contributed by atoms with Gasteiger partial charge in [0, 0.05) is 6.21 Å². The number of nitrogens with two attached hydrogens (primary N) is 2. The maximum absolute atomic E-state index is 10.7. The van der Waals surface area contributed by atoms with Gasteiger partial charge in [0.2, 0.25) is 0 Å². The SMILES string of the molecule is NC(=S)NN=C1N=CC=CC1(N)C=O. The molecule has 1 aliphatic rings. The van der Waals surface area contributed by atoms with E-state index in [1.807, 2.05) is 0 Å². The smallest absolute Gasteiger partial charge is 0.184 e. The van der Waals surface area contributed by atoms with E-state index in [0.717, 1.165) is 0 Å². The Morgan fingerprint density at radius 1 is 1.79 bits per heavy atom. The van der Waals surface area contributed by atoms with E-state index in [9.17, 15) is 4.79 Å². The highest BCUT2D eigenvalue weighted by Crippen LogP contribution is 2.07. The molecule has 6 nitrogen and oxygen atoms in total. The molecule has 1 aliphatic heterocycles. The molecular weight excluding hydrogens is 202 g/mol. The van der Waals surface area contributed by atoms with Crippen LogP contribution in [0.5, 0.6) is 0 Å². The fourth-order valence-corrected chi connectivity index (χ4v) is 0.874. The van der Waals surface area contributed by atoms with Crippen LogP contribution in [0, 0.1) is 0 Å². The molecule has 0 spiro atoms. The van der Waals surface area contributed by atoms with E-state index in [2.05, 4.69) is 27.7 Å². The number of dihydropyridines is 1. The molecular formula is C7H9N5OS. The van der Waals surface area contributed by atoms with Gasteiger partial charge in [-0.3, -0.25) is 5.43 Å². The van der Waals surface area contributed by atoms with E-state index in [4.69, 9.17) is 11.5 Å². The molecule has 0 amide bonds. The van der Waals surface area contributed by atoms with Crippen LogP contribution >= 0.6 is 12.2 Å². The van der Waals surface area contributed by atoms with Crippen LogP contribution in [0.25, 0.3) is 0 Å². The summed E-state index contributed by atoms with van der Waals surface area (Å²) in [5, 5.41) is 3.68. The second-order valence-electron chi connectivity index (χ2n) is 2.60. The number of nitrogens with zero attached hydrogens (tertiary/aromatic N) is 2. The standard InChI is InChI=1S/C7H9N5OS/c8-6(14)12-11-5-7(9,4-13)2-1-3-10-5/h1-4H,9H2,(H3,8,12,14). The molecule has 7 heteroatoms. The molecule has 1 unspecified atom stereocenters. The Morgan fingerprint density at radius 2 is 2.50 bits per heavy atom. The minimum Gasteiger partial charge on any atom is -0.375 e. The Labute approximate surface area is 85.7 Å². The van der Waals surface area contributed by atoms with Crippen molar-refractivity contribution in [2.75, 3.05) is 0 Å². The van der Waals surface area contributed by atoms with Gasteiger partial charge in [-0.2, -0.15) is 5.10 Å². The Bertz CT molecular complexity index is 348. The van der Waals surface area contributed by atoms with Crippen LogP contribution in [0.4, 0.5) is 0 Å². The van der Waals surface area contributed by atoms with Gasteiger partial charge < -0.3 is 16.3 Å². The molecule has 0 aromatic carbocycles. The molecule has 0 saturated carbocycles. The van der Waals surface area contributed by atoms with Crippen molar-refractivity contribution in [2.45, 2.75) is 5.54 Å². The number of hydrogen-bond acceptors (Lipinski definition) is 4. The fourth-order valence-electron chi connectivity index (χ4n) is 0.828. The molecule has 0 fully saturated rings. The Kier molecular flexibility index (Phi) is 3.05. The average Bonchev–Trinajstić information content (AvgIpc) is 2.16.